The molecule has 0 aliphatic carbocycles. The number of aryl methyl sites for hydroxylation is 1. The normalized spacial score (nSPS) is 26.7. The van der Waals surface area contributed by atoms with E-state index in [0.717, 1.165) is 45.0 Å². The van der Waals surface area contributed by atoms with Gasteiger partial charge in [0.2, 0.25) is 11.8 Å². The number of hydrogen-bond donors (Lipinski definition) is 1. The molecule has 3 rings (SSSR count). The van der Waals surface area contributed by atoms with Crippen LogP contribution in [0.2, 0.25) is 0 Å². The van der Waals surface area contributed by atoms with Crippen LogP contribution in [0.3, 0.4) is 0 Å². The van der Waals surface area contributed by atoms with E-state index in [9.17, 15) is 0 Å². The van der Waals surface area contributed by atoms with Crippen molar-refractivity contribution in [1.29, 1.82) is 0 Å². The van der Waals surface area contributed by atoms with Gasteiger partial charge in [-0.2, -0.15) is 0 Å². The average molecular weight is 294 g/mol. The van der Waals surface area contributed by atoms with Crippen LogP contribution in [-0.4, -0.2) is 64.4 Å². The predicted molar refractivity (Wildman–Crippen MR) is 78.8 cm³/mol. The molecule has 1 unspecified atom stereocenters. The molecule has 0 saturated carbocycles. The maximum atomic E-state index is 9.07. The molecule has 6 nitrogen and oxygen atoms in total. The zero-order chi connectivity index (χ0) is 14.9. The lowest BCUT2D eigenvalue weighted by atomic mass is 9.76. The highest BCUT2D eigenvalue weighted by Gasteiger charge is 2.46. The highest BCUT2D eigenvalue weighted by atomic mass is 16.4. The summed E-state index contributed by atoms with van der Waals surface area (Å²) in [5, 5.41) is 17.3. The van der Waals surface area contributed by atoms with Crippen LogP contribution in [0.1, 0.15) is 44.0 Å². The molecule has 2 aliphatic heterocycles. The summed E-state index contributed by atoms with van der Waals surface area (Å²) in [6.07, 6.45) is 3.52. The van der Waals surface area contributed by atoms with Gasteiger partial charge in [-0.15, -0.1) is 10.2 Å². The Morgan fingerprint density at radius 1 is 1.33 bits per heavy atom. The third kappa shape index (κ3) is 2.98. The van der Waals surface area contributed by atoms with Gasteiger partial charge in [0.15, 0.2) is 0 Å². The summed E-state index contributed by atoms with van der Waals surface area (Å²) in [6.45, 7) is 9.46. The molecule has 1 aromatic heterocycles. The van der Waals surface area contributed by atoms with Gasteiger partial charge < -0.3 is 14.4 Å². The lowest BCUT2D eigenvalue weighted by Gasteiger charge is -2.39. The Bertz CT molecular complexity index is 468. The largest absolute Gasteiger partial charge is 0.424 e. The van der Waals surface area contributed by atoms with Crippen molar-refractivity contribution in [3.05, 3.63) is 11.8 Å². The molecule has 0 bridgehead atoms. The fourth-order valence-corrected chi connectivity index (χ4v) is 3.92. The summed E-state index contributed by atoms with van der Waals surface area (Å²) in [5.41, 5.74) is 0.384. The summed E-state index contributed by atoms with van der Waals surface area (Å²) in [5.74, 6) is 1.43. The number of likely N-dealkylation sites (tertiary alicyclic amines) is 2. The zero-order valence-corrected chi connectivity index (χ0v) is 13.1. The molecule has 21 heavy (non-hydrogen) atoms. The topological polar surface area (TPSA) is 65.6 Å². The van der Waals surface area contributed by atoms with E-state index in [1.54, 1.807) is 0 Å². The Labute approximate surface area is 126 Å². The molecule has 3 heterocycles. The molecule has 1 atom stereocenters. The molecule has 2 fully saturated rings. The van der Waals surface area contributed by atoms with Crippen molar-refractivity contribution in [2.24, 2.45) is 5.41 Å². The molecular formula is C15H26N4O2. The Kier molecular flexibility index (Phi) is 4.28. The third-order valence-corrected chi connectivity index (χ3v) is 5.17. The number of rotatable bonds is 4. The maximum absolute atomic E-state index is 9.07. The van der Waals surface area contributed by atoms with Gasteiger partial charge in [0.05, 0.1) is 12.6 Å². The summed E-state index contributed by atoms with van der Waals surface area (Å²) in [6, 6.07) is 0.278. The molecule has 2 aliphatic rings. The maximum Gasteiger partial charge on any atom is 0.233 e. The lowest BCUT2D eigenvalue weighted by molar-refractivity contribution is 0.0929. The number of aliphatic hydroxyl groups is 1. The van der Waals surface area contributed by atoms with Gasteiger partial charge in [-0.1, -0.05) is 6.92 Å². The highest BCUT2D eigenvalue weighted by Crippen LogP contribution is 2.48. The zero-order valence-electron chi connectivity index (χ0n) is 13.1. The number of nitrogens with zero attached hydrogens (tertiary/aromatic N) is 4. The first-order valence-electron chi connectivity index (χ1n) is 8.03. The molecule has 0 radical (unpaired) electrons. The van der Waals surface area contributed by atoms with Crippen LogP contribution in [0.15, 0.2) is 4.42 Å². The smallest absolute Gasteiger partial charge is 0.233 e. The van der Waals surface area contributed by atoms with E-state index in [4.69, 9.17) is 9.52 Å². The van der Waals surface area contributed by atoms with E-state index in [1.165, 1.54) is 12.8 Å². The van der Waals surface area contributed by atoms with Crippen molar-refractivity contribution in [2.75, 3.05) is 39.3 Å². The van der Waals surface area contributed by atoms with Crippen LogP contribution < -0.4 is 0 Å². The molecule has 1 spiro atoms. The van der Waals surface area contributed by atoms with Crippen molar-refractivity contribution in [1.82, 2.24) is 20.0 Å². The molecule has 1 aromatic rings. The van der Waals surface area contributed by atoms with Crippen molar-refractivity contribution < 1.29 is 9.52 Å². The van der Waals surface area contributed by atoms with E-state index in [0.29, 0.717) is 11.3 Å². The monoisotopic (exact) mass is 294 g/mol. The van der Waals surface area contributed by atoms with Crippen LogP contribution in [-0.2, 0) is 0 Å². The van der Waals surface area contributed by atoms with Gasteiger partial charge >= 0.3 is 0 Å². The van der Waals surface area contributed by atoms with Crippen molar-refractivity contribution in [3.8, 4) is 0 Å². The fraction of sp³-hybridized carbons (Fsp3) is 0.867. The Balaban J connectivity index is 1.69. The highest BCUT2D eigenvalue weighted by molar-refractivity contribution is 5.04. The Morgan fingerprint density at radius 2 is 2.10 bits per heavy atom. The first kappa shape index (κ1) is 14.9. The number of aromatic nitrogens is 2. The van der Waals surface area contributed by atoms with Gasteiger partial charge in [-0.05, 0) is 44.3 Å². The first-order valence-corrected chi connectivity index (χ1v) is 8.03. The molecule has 0 aromatic carbocycles. The van der Waals surface area contributed by atoms with E-state index in [2.05, 4.69) is 26.9 Å². The first-order chi connectivity index (χ1) is 10.2. The van der Waals surface area contributed by atoms with Crippen molar-refractivity contribution >= 4 is 0 Å². The summed E-state index contributed by atoms with van der Waals surface area (Å²) < 4.78 is 5.69. The third-order valence-electron chi connectivity index (χ3n) is 5.17. The van der Waals surface area contributed by atoms with Crippen LogP contribution in [0.25, 0.3) is 0 Å². The van der Waals surface area contributed by atoms with Crippen LogP contribution in [0, 0.1) is 12.3 Å². The molecular weight excluding hydrogens is 268 g/mol. The quantitative estimate of drug-likeness (QED) is 0.900. The summed E-state index contributed by atoms with van der Waals surface area (Å²) in [7, 11) is 0. The van der Waals surface area contributed by atoms with E-state index < -0.39 is 0 Å². The number of aliphatic hydroxyl groups excluding tert-OH is 1. The average Bonchev–Trinajstić information content (AvgIpc) is 3.06. The van der Waals surface area contributed by atoms with Gasteiger partial charge in [-0.25, -0.2) is 0 Å². The minimum absolute atomic E-state index is 0.262. The van der Waals surface area contributed by atoms with Crippen LogP contribution >= 0.6 is 0 Å². The second-order valence-electron chi connectivity index (χ2n) is 6.51. The van der Waals surface area contributed by atoms with Crippen molar-refractivity contribution in [2.45, 2.75) is 39.2 Å². The molecule has 118 valence electrons. The second-order valence-corrected chi connectivity index (χ2v) is 6.51. The van der Waals surface area contributed by atoms with Crippen LogP contribution in [0.4, 0.5) is 0 Å². The standard InChI is InChI=1S/C15H26N4O2/c1-3-19-11-15(4-6-18(7-5-15)8-9-20)10-13(19)14-17-16-12(2)21-14/h13,20H,3-11H2,1-2H3. The Morgan fingerprint density at radius 3 is 2.67 bits per heavy atom. The predicted octanol–water partition coefficient (Wildman–Crippen LogP) is 1.22. The van der Waals surface area contributed by atoms with Gasteiger partial charge in [0.1, 0.15) is 0 Å². The number of β-amino-alcohol motifs (C(OH)–C–C–N with tert-alkyl or cyclic N) is 1. The number of hydrogen-bond acceptors (Lipinski definition) is 6. The molecule has 1 N–H and O–H groups in total. The van der Waals surface area contributed by atoms with Gasteiger partial charge in [0, 0.05) is 20.0 Å². The number of piperidine rings is 1. The van der Waals surface area contributed by atoms with E-state index in [-0.39, 0.29) is 12.6 Å². The SMILES string of the molecule is CCN1CC2(CCN(CCO)CC2)CC1c1nnc(C)o1. The molecule has 6 heteroatoms. The molecule has 2 saturated heterocycles. The molecule has 0 amide bonds. The van der Waals surface area contributed by atoms with Crippen molar-refractivity contribution in [3.63, 3.8) is 0 Å². The van der Waals surface area contributed by atoms with Crippen LogP contribution in [0.5, 0.6) is 0 Å². The van der Waals surface area contributed by atoms with Gasteiger partial charge in [0.25, 0.3) is 0 Å². The van der Waals surface area contributed by atoms with E-state index in [1.807, 2.05) is 6.92 Å². The summed E-state index contributed by atoms with van der Waals surface area (Å²) >= 11 is 0. The van der Waals surface area contributed by atoms with Gasteiger partial charge in [-0.3, -0.25) is 4.90 Å². The van der Waals surface area contributed by atoms with E-state index >= 15 is 0 Å². The lowest BCUT2D eigenvalue weighted by Crippen LogP contribution is -2.42. The Hall–Kier alpha value is -0.980. The minimum atomic E-state index is 0.262. The fourth-order valence-electron chi connectivity index (χ4n) is 3.92. The second kappa shape index (κ2) is 6.02. The summed E-state index contributed by atoms with van der Waals surface area (Å²) in [4.78, 5) is 4.85. The minimum Gasteiger partial charge on any atom is -0.424 e.